The molecule has 108 valence electrons. The summed E-state index contributed by atoms with van der Waals surface area (Å²) < 4.78 is 1.89. The lowest BCUT2D eigenvalue weighted by atomic mass is 10.1. The minimum Gasteiger partial charge on any atom is -0.381 e. The van der Waals surface area contributed by atoms with Gasteiger partial charge in [-0.3, -0.25) is 4.68 Å². The first-order valence-electron chi connectivity index (χ1n) is 7.04. The van der Waals surface area contributed by atoms with Gasteiger partial charge in [-0.2, -0.15) is 5.10 Å². The fourth-order valence-corrected chi connectivity index (χ4v) is 2.34. The van der Waals surface area contributed by atoms with Gasteiger partial charge in [-0.05, 0) is 37.1 Å². The highest BCUT2D eigenvalue weighted by Crippen LogP contribution is 2.22. The van der Waals surface area contributed by atoms with Gasteiger partial charge in [-0.15, -0.1) is 0 Å². The molecule has 1 heterocycles. The van der Waals surface area contributed by atoms with Crippen LogP contribution in [-0.2, 0) is 20.0 Å². The van der Waals surface area contributed by atoms with Crippen molar-refractivity contribution in [2.45, 2.75) is 26.8 Å². The SMILES string of the molecule is CCc1nn(C)cc1CNc1ccc(N(C)C)cc1C. The van der Waals surface area contributed by atoms with E-state index in [1.807, 2.05) is 11.7 Å². The predicted octanol–water partition coefficient (Wildman–Crippen LogP) is 2.97. The minimum atomic E-state index is 0.819. The number of nitrogens with one attached hydrogen (secondary N) is 1. The summed E-state index contributed by atoms with van der Waals surface area (Å²) >= 11 is 0. The molecule has 4 nitrogen and oxygen atoms in total. The second-order valence-corrected chi connectivity index (χ2v) is 5.38. The fraction of sp³-hybridized carbons (Fsp3) is 0.438. The first kappa shape index (κ1) is 14.4. The summed E-state index contributed by atoms with van der Waals surface area (Å²) in [5, 5.41) is 7.98. The second kappa shape index (κ2) is 5.99. The zero-order chi connectivity index (χ0) is 14.7. The van der Waals surface area contributed by atoms with E-state index in [0.717, 1.165) is 13.0 Å². The molecule has 0 atom stereocenters. The molecule has 4 heteroatoms. The highest BCUT2D eigenvalue weighted by Gasteiger charge is 2.07. The summed E-state index contributed by atoms with van der Waals surface area (Å²) in [5.41, 5.74) is 6.11. The highest BCUT2D eigenvalue weighted by molar-refractivity contribution is 5.59. The summed E-state index contributed by atoms with van der Waals surface area (Å²) in [6, 6.07) is 6.48. The largest absolute Gasteiger partial charge is 0.381 e. The van der Waals surface area contributed by atoms with Crippen molar-refractivity contribution < 1.29 is 0 Å². The minimum absolute atomic E-state index is 0.819. The molecule has 0 bridgehead atoms. The zero-order valence-electron chi connectivity index (χ0n) is 13.1. The number of aromatic nitrogens is 2. The first-order chi connectivity index (χ1) is 9.51. The third-order valence-electron chi connectivity index (χ3n) is 3.52. The molecule has 0 saturated heterocycles. The van der Waals surface area contributed by atoms with Crippen LogP contribution >= 0.6 is 0 Å². The molecular weight excluding hydrogens is 248 g/mol. The second-order valence-electron chi connectivity index (χ2n) is 5.38. The van der Waals surface area contributed by atoms with E-state index in [-0.39, 0.29) is 0 Å². The summed E-state index contributed by atoms with van der Waals surface area (Å²) in [6.07, 6.45) is 3.06. The Morgan fingerprint density at radius 1 is 1.30 bits per heavy atom. The maximum absolute atomic E-state index is 4.47. The molecule has 0 radical (unpaired) electrons. The quantitative estimate of drug-likeness (QED) is 0.908. The van der Waals surface area contributed by atoms with Crippen molar-refractivity contribution >= 4 is 11.4 Å². The van der Waals surface area contributed by atoms with Crippen LogP contribution < -0.4 is 10.2 Å². The van der Waals surface area contributed by atoms with E-state index in [4.69, 9.17) is 0 Å². The molecule has 20 heavy (non-hydrogen) atoms. The smallest absolute Gasteiger partial charge is 0.0671 e. The molecule has 0 aliphatic rings. The average molecular weight is 272 g/mol. The number of hydrogen-bond acceptors (Lipinski definition) is 3. The van der Waals surface area contributed by atoms with Crippen molar-refractivity contribution in [1.82, 2.24) is 9.78 Å². The number of anilines is 2. The Kier molecular flexibility index (Phi) is 4.32. The van der Waals surface area contributed by atoms with E-state index in [0.29, 0.717) is 0 Å². The average Bonchev–Trinajstić information content (AvgIpc) is 2.77. The maximum atomic E-state index is 4.47. The Labute approximate surface area is 121 Å². The van der Waals surface area contributed by atoms with E-state index >= 15 is 0 Å². The van der Waals surface area contributed by atoms with Gasteiger partial charge < -0.3 is 10.2 Å². The third kappa shape index (κ3) is 3.13. The lowest BCUT2D eigenvalue weighted by Gasteiger charge is -2.16. The van der Waals surface area contributed by atoms with Crippen LogP contribution in [0.1, 0.15) is 23.7 Å². The van der Waals surface area contributed by atoms with E-state index in [1.54, 1.807) is 0 Å². The Hall–Kier alpha value is -1.97. The van der Waals surface area contributed by atoms with E-state index < -0.39 is 0 Å². The highest BCUT2D eigenvalue weighted by atomic mass is 15.3. The number of hydrogen-bond donors (Lipinski definition) is 1. The lowest BCUT2D eigenvalue weighted by molar-refractivity contribution is 0.746. The number of aryl methyl sites for hydroxylation is 3. The van der Waals surface area contributed by atoms with Crippen LogP contribution in [0.2, 0.25) is 0 Å². The standard InChI is InChI=1S/C16H24N4/c1-6-15-13(11-20(5)18-15)10-17-16-8-7-14(19(3)4)9-12(16)2/h7-9,11,17H,6,10H2,1-5H3. The van der Waals surface area contributed by atoms with Crippen molar-refractivity contribution in [3.05, 3.63) is 41.2 Å². The Morgan fingerprint density at radius 3 is 2.65 bits per heavy atom. The van der Waals surface area contributed by atoms with Crippen LogP contribution in [0.3, 0.4) is 0 Å². The molecule has 1 aromatic carbocycles. The van der Waals surface area contributed by atoms with Crippen molar-refractivity contribution in [3.63, 3.8) is 0 Å². The van der Waals surface area contributed by atoms with Gasteiger partial charge in [-0.1, -0.05) is 6.92 Å². The van der Waals surface area contributed by atoms with E-state index in [1.165, 1.54) is 28.2 Å². The first-order valence-corrected chi connectivity index (χ1v) is 7.04. The summed E-state index contributed by atoms with van der Waals surface area (Å²) in [6.45, 7) is 5.10. The van der Waals surface area contributed by atoms with Gasteiger partial charge in [0.2, 0.25) is 0 Å². The Bertz CT molecular complexity index is 584. The number of benzene rings is 1. The molecule has 0 unspecified atom stereocenters. The van der Waals surface area contributed by atoms with Gasteiger partial charge in [-0.25, -0.2) is 0 Å². The number of nitrogens with zero attached hydrogens (tertiary/aromatic N) is 3. The van der Waals surface area contributed by atoms with Crippen LogP contribution in [0.15, 0.2) is 24.4 Å². The third-order valence-corrected chi connectivity index (χ3v) is 3.52. The molecule has 1 N–H and O–H groups in total. The summed E-state index contributed by atoms with van der Waals surface area (Å²) in [5.74, 6) is 0. The topological polar surface area (TPSA) is 33.1 Å². The van der Waals surface area contributed by atoms with Gasteiger partial charge in [0, 0.05) is 50.8 Å². The van der Waals surface area contributed by atoms with Crippen LogP contribution in [-0.4, -0.2) is 23.9 Å². The molecule has 0 aliphatic heterocycles. The molecule has 0 spiro atoms. The fourth-order valence-electron chi connectivity index (χ4n) is 2.34. The molecule has 0 aliphatic carbocycles. The van der Waals surface area contributed by atoms with Crippen molar-refractivity contribution in [2.75, 3.05) is 24.3 Å². The zero-order valence-corrected chi connectivity index (χ0v) is 13.1. The van der Waals surface area contributed by atoms with E-state index in [2.05, 4.69) is 67.7 Å². The molecular formula is C16H24N4. The van der Waals surface area contributed by atoms with Crippen molar-refractivity contribution in [2.24, 2.45) is 7.05 Å². The van der Waals surface area contributed by atoms with Gasteiger partial charge >= 0.3 is 0 Å². The molecule has 2 aromatic rings. The summed E-state index contributed by atoms with van der Waals surface area (Å²) in [4.78, 5) is 2.12. The van der Waals surface area contributed by atoms with Crippen molar-refractivity contribution in [3.8, 4) is 0 Å². The lowest BCUT2D eigenvalue weighted by Crippen LogP contribution is -2.09. The van der Waals surface area contributed by atoms with Crippen LogP contribution in [0, 0.1) is 6.92 Å². The maximum Gasteiger partial charge on any atom is 0.0671 e. The summed E-state index contributed by atoms with van der Waals surface area (Å²) in [7, 11) is 6.09. The Morgan fingerprint density at radius 2 is 2.05 bits per heavy atom. The van der Waals surface area contributed by atoms with Gasteiger partial charge in [0.15, 0.2) is 0 Å². The molecule has 0 saturated carbocycles. The molecule has 0 amide bonds. The molecule has 1 aromatic heterocycles. The van der Waals surface area contributed by atoms with E-state index in [9.17, 15) is 0 Å². The Balaban J connectivity index is 2.10. The van der Waals surface area contributed by atoms with Gasteiger partial charge in [0.25, 0.3) is 0 Å². The monoisotopic (exact) mass is 272 g/mol. The normalized spacial score (nSPS) is 10.7. The molecule has 2 rings (SSSR count). The molecule has 0 fully saturated rings. The van der Waals surface area contributed by atoms with Gasteiger partial charge in [0.1, 0.15) is 0 Å². The predicted molar refractivity (Wildman–Crippen MR) is 85.4 cm³/mol. The van der Waals surface area contributed by atoms with Crippen LogP contribution in [0.4, 0.5) is 11.4 Å². The van der Waals surface area contributed by atoms with Crippen LogP contribution in [0.25, 0.3) is 0 Å². The van der Waals surface area contributed by atoms with Crippen LogP contribution in [0.5, 0.6) is 0 Å². The van der Waals surface area contributed by atoms with Crippen molar-refractivity contribution in [1.29, 1.82) is 0 Å². The van der Waals surface area contributed by atoms with Gasteiger partial charge in [0.05, 0.1) is 5.69 Å². The number of rotatable bonds is 5.